The second kappa shape index (κ2) is 5.22. The van der Waals surface area contributed by atoms with Crippen molar-refractivity contribution in [2.75, 3.05) is 7.15 Å². The molecule has 0 spiro atoms. The topological polar surface area (TPSA) is 12.9 Å². The molecule has 0 saturated carbocycles. The van der Waals surface area contributed by atoms with Crippen LogP contribution in [0.5, 0.6) is 0 Å². The predicted molar refractivity (Wildman–Crippen MR) is 36.0 cm³/mol. The lowest BCUT2D eigenvalue weighted by atomic mass is 10.4. The molecule has 0 atom stereocenters. The zero-order valence-corrected chi connectivity index (χ0v) is 5.34. The number of nitrogens with zero attached hydrogens (tertiary/aromatic N) is 1. The molecule has 2 heteroatoms. The Balaban J connectivity index is 0.000000236. The van der Waals surface area contributed by atoms with Crippen LogP contribution in [0.4, 0.5) is 4.39 Å². The molecule has 1 aromatic rings. The molecule has 0 aliphatic carbocycles. The van der Waals surface area contributed by atoms with Crippen molar-refractivity contribution >= 4 is 0 Å². The molecule has 1 aromatic heterocycles. The molecule has 1 nitrogen and oxygen atoms in total. The molecule has 1 rings (SSSR count). The zero-order chi connectivity index (χ0) is 7.82. The summed E-state index contributed by atoms with van der Waals surface area (Å²) >= 11 is 0. The number of rotatable bonds is 0. The summed E-state index contributed by atoms with van der Waals surface area (Å²) in [6.07, 6.45) is 1.79. The van der Waals surface area contributed by atoms with Gasteiger partial charge in [0.05, 0.1) is 8.52 Å². The van der Waals surface area contributed by atoms with Crippen LogP contribution in [-0.2, 0) is 0 Å². The minimum Gasteiger partial charge on any atom is -0.262 e. The molecule has 9 heavy (non-hydrogen) atoms. The van der Waals surface area contributed by atoms with E-state index in [0.29, 0.717) is 0 Å². The summed E-state index contributed by atoms with van der Waals surface area (Å²) in [7, 11) is -1.00. The van der Waals surface area contributed by atoms with E-state index >= 15 is 0 Å². The van der Waals surface area contributed by atoms with Crippen LogP contribution < -0.4 is 0 Å². The first-order valence-corrected chi connectivity index (χ1v) is 2.54. The maximum absolute atomic E-state index is 9.96. The standard InChI is InChI=1S/C6H7N.CH3F/c1-6-4-2-3-5-7-6;1-2/h2-5H,1H3;1H3/i;1D. The van der Waals surface area contributed by atoms with Gasteiger partial charge in [-0.15, -0.1) is 0 Å². The largest absolute Gasteiger partial charge is 0.262 e. The lowest BCUT2D eigenvalue weighted by molar-refractivity contribution is 0.636. The number of halogens is 1. The molecule has 0 radical (unpaired) electrons. The van der Waals surface area contributed by atoms with E-state index in [-0.39, 0.29) is 0 Å². The average Bonchev–Trinajstić information content (AvgIpc) is 1.91. The minimum atomic E-state index is -1.00. The Morgan fingerprint density at radius 2 is 2.33 bits per heavy atom. The lowest BCUT2D eigenvalue weighted by Gasteiger charge is -1.82. The van der Waals surface area contributed by atoms with Gasteiger partial charge in [-0.05, 0) is 19.1 Å². The number of hydrogen-bond acceptors (Lipinski definition) is 1. The summed E-state index contributed by atoms with van der Waals surface area (Å²) in [5, 5.41) is 0. The molecule has 0 saturated heterocycles. The van der Waals surface area contributed by atoms with Crippen LogP contribution in [0, 0.1) is 6.92 Å². The van der Waals surface area contributed by atoms with Gasteiger partial charge in [0.1, 0.15) is 0 Å². The van der Waals surface area contributed by atoms with E-state index in [1.165, 1.54) is 0 Å². The molecule has 0 aromatic carbocycles. The van der Waals surface area contributed by atoms with Crippen LogP contribution in [-0.4, -0.2) is 12.1 Å². The van der Waals surface area contributed by atoms with E-state index in [2.05, 4.69) is 4.98 Å². The van der Waals surface area contributed by atoms with Gasteiger partial charge in [-0.1, -0.05) is 6.07 Å². The SMILES string of the molecule is Cc1ccccn1.[2H]CF. The first kappa shape index (κ1) is 6.20. The van der Waals surface area contributed by atoms with Crippen molar-refractivity contribution < 1.29 is 5.76 Å². The molecule has 0 bridgehead atoms. The maximum Gasteiger partial charge on any atom is 0.0785 e. The second-order valence-corrected chi connectivity index (χ2v) is 1.47. The number of hydrogen-bond donors (Lipinski definition) is 0. The maximum atomic E-state index is 9.96. The van der Waals surface area contributed by atoms with E-state index in [4.69, 9.17) is 1.37 Å². The predicted octanol–water partition coefficient (Wildman–Crippen LogP) is 1.98. The van der Waals surface area contributed by atoms with Gasteiger partial charge >= 0.3 is 0 Å². The Bertz CT molecular complexity index is 155. The van der Waals surface area contributed by atoms with Crippen LogP contribution in [0.2, 0.25) is 0 Å². The summed E-state index contributed by atoms with van der Waals surface area (Å²) < 4.78 is 15.5. The molecule has 0 aliphatic heterocycles. The van der Waals surface area contributed by atoms with Crippen molar-refractivity contribution in [3.8, 4) is 0 Å². The first-order valence-electron chi connectivity index (χ1n) is 3.24. The zero-order valence-electron chi connectivity index (χ0n) is 6.34. The smallest absolute Gasteiger partial charge is 0.0785 e. The molecule has 50 valence electrons. The molecule has 0 fully saturated rings. The number of aromatic nitrogens is 1. The Hall–Kier alpha value is -0.920. The van der Waals surface area contributed by atoms with Crippen LogP contribution in [0.15, 0.2) is 24.4 Å². The third kappa shape index (κ3) is 3.64. The molecule has 0 N–H and O–H groups in total. The van der Waals surface area contributed by atoms with Crippen molar-refractivity contribution in [2.45, 2.75) is 6.92 Å². The van der Waals surface area contributed by atoms with Gasteiger partial charge < -0.3 is 0 Å². The summed E-state index contributed by atoms with van der Waals surface area (Å²) in [5.74, 6) is 0. The number of aryl methyl sites for hydroxylation is 1. The summed E-state index contributed by atoms with van der Waals surface area (Å²) in [5.41, 5.74) is 1.07. The summed E-state index contributed by atoms with van der Waals surface area (Å²) in [6.45, 7) is 1.97. The van der Waals surface area contributed by atoms with Gasteiger partial charge in [-0.2, -0.15) is 0 Å². The lowest BCUT2D eigenvalue weighted by Crippen LogP contribution is -1.72. The minimum absolute atomic E-state index is 1.00. The molecule has 1 heterocycles. The normalized spacial score (nSPS) is 8.89. The summed E-state index contributed by atoms with van der Waals surface area (Å²) in [4.78, 5) is 3.98. The van der Waals surface area contributed by atoms with E-state index in [1.54, 1.807) is 6.20 Å². The highest BCUT2D eigenvalue weighted by Gasteiger charge is 1.73. The van der Waals surface area contributed by atoms with Crippen LogP contribution >= 0.6 is 0 Å². The summed E-state index contributed by atoms with van der Waals surface area (Å²) in [6, 6.07) is 5.86. The van der Waals surface area contributed by atoms with E-state index in [0.717, 1.165) is 5.69 Å². The van der Waals surface area contributed by atoms with Gasteiger partial charge in [0.15, 0.2) is 0 Å². The molecule has 0 aliphatic rings. The average molecular weight is 128 g/mol. The van der Waals surface area contributed by atoms with Crippen molar-refractivity contribution in [3.05, 3.63) is 30.1 Å². The molecular formula is C7H10FN. The van der Waals surface area contributed by atoms with Crippen LogP contribution in [0.3, 0.4) is 0 Å². The molecular weight excluding hydrogens is 117 g/mol. The van der Waals surface area contributed by atoms with Crippen LogP contribution in [0.1, 0.15) is 7.06 Å². The van der Waals surface area contributed by atoms with Gasteiger partial charge in [-0.25, -0.2) is 0 Å². The Labute approximate surface area is 56.0 Å². The number of pyridine rings is 1. The van der Waals surface area contributed by atoms with Gasteiger partial charge in [0, 0.05) is 11.9 Å². The fraction of sp³-hybridized carbons (Fsp3) is 0.286. The van der Waals surface area contributed by atoms with Gasteiger partial charge in [0.25, 0.3) is 0 Å². The Morgan fingerprint density at radius 3 is 2.56 bits per heavy atom. The first-order chi connectivity index (χ1) is 4.81. The Kier molecular flexibility index (Phi) is 3.60. The monoisotopic (exact) mass is 128 g/mol. The van der Waals surface area contributed by atoms with Crippen molar-refractivity contribution in [1.82, 2.24) is 4.98 Å². The highest BCUT2D eigenvalue weighted by molar-refractivity contribution is 4.99. The fourth-order valence-electron chi connectivity index (χ4n) is 0.448. The van der Waals surface area contributed by atoms with Crippen LogP contribution in [0.25, 0.3) is 0 Å². The van der Waals surface area contributed by atoms with Gasteiger partial charge in [-0.3, -0.25) is 9.37 Å². The Morgan fingerprint density at radius 1 is 1.67 bits per heavy atom. The highest BCUT2D eigenvalue weighted by Crippen LogP contribution is 1.85. The highest BCUT2D eigenvalue weighted by atomic mass is 19.1. The quantitative estimate of drug-likeness (QED) is 0.520. The van der Waals surface area contributed by atoms with E-state index in [9.17, 15) is 4.39 Å². The van der Waals surface area contributed by atoms with Crippen molar-refractivity contribution in [1.29, 1.82) is 0 Å². The van der Waals surface area contributed by atoms with E-state index < -0.39 is 7.15 Å². The molecule has 0 unspecified atom stereocenters. The van der Waals surface area contributed by atoms with E-state index in [1.807, 2.05) is 25.1 Å². The van der Waals surface area contributed by atoms with Crippen molar-refractivity contribution in [2.24, 2.45) is 0 Å². The number of alkyl halides is 1. The molecule has 0 amide bonds. The second-order valence-electron chi connectivity index (χ2n) is 1.47. The third-order valence-electron chi connectivity index (χ3n) is 0.813. The third-order valence-corrected chi connectivity index (χ3v) is 0.813. The van der Waals surface area contributed by atoms with Crippen molar-refractivity contribution in [3.63, 3.8) is 0 Å². The van der Waals surface area contributed by atoms with Gasteiger partial charge in [0.2, 0.25) is 0 Å². The fourth-order valence-corrected chi connectivity index (χ4v) is 0.448.